The highest BCUT2D eigenvalue weighted by Gasteiger charge is 2.60. The SMILES string of the molecule is FC(F)(F)[C@@]1(Cc2ccccc2)N[C@H](c2ccccc2)CO1. The van der Waals surface area contributed by atoms with Crippen LogP contribution in [0.4, 0.5) is 13.2 Å². The molecule has 1 fully saturated rings. The van der Waals surface area contributed by atoms with Gasteiger partial charge in [0.25, 0.3) is 0 Å². The average molecular weight is 307 g/mol. The van der Waals surface area contributed by atoms with Crippen molar-refractivity contribution in [3.05, 3.63) is 71.8 Å². The second kappa shape index (κ2) is 5.74. The molecular formula is C17H16F3NO. The molecule has 1 aliphatic heterocycles. The van der Waals surface area contributed by atoms with Gasteiger partial charge >= 0.3 is 6.18 Å². The first-order valence-electron chi connectivity index (χ1n) is 7.07. The molecular weight excluding hydrogens is 291 g/mol. The van der Waals surface area contributed by atoms with Gasteiger partial charge in [-0.15, -0.1) is 0 Å². The van der Waals surface area contributed by atoms with Crippen LogP contribution < -0.4 is 5.32 Å². The van der Waals surface area contributed by atoms with Crippen LogP contribution in [0.5, 0.6) is 0 Å². The third-order valence-corrected chi connectivity index (χ3v) is 3.86. The smallest absolute Gasteiger partial charge is 0.349 e. The summed E-state index contributed by atoms with van der Waals surface area (Å²) in [5, 5.41) is 2.66. The van der Waals surface area contributed by atoms with Crippen molar-refractivity contribution >= 4 is 0 Å². The summed E-state index contributed by atoms with van der Waals surface area (Å²) in [5.74, 6) is 0. The molecule has 0 radical (unpaired) electrons. The van der Waals surface area contributed by atoms with Crippen molar-refractivity contribution in [2.45, 2.75) is 24.4 Å². The van der Waals surface area contributed by atoms with Crippen LogP contribution >= 0.6 is 0 Å². The van der Waals surface area contributed by atoms with Crippen LogP contribution in [0.3, 0.4) is 0 Å². The van der Waals surface area contributed by atoms with Gasteiger partial charge in [0.05, 0.1) is 12.6 Å². The first kappa shape index (κ1) is 15.1. The molecule has 3 rings (SSSR count). The van der Waals surface area contributed by atoms with Gasteiger partial charge in [0, 0.05) is 6.42 Å². The summed E-state index contributed by atoms with van der Waals surface area (Å²) in [6, 6.07) is 17.2. The van der Waals surface area contributed by atoms with Gasteiger partial charge < -0.3 is 4.74 Å². The zero-order valence-electron chi connectivity index (χ0n) is 11.8. The van der Waals surface area contributed by atoms with Crippen LogP contribution in [0.1, 0.15) is 17.2 Å². The third-order valence-electron chi connectivity index (χ3n) is 3.86. The van der Waals surface area contributed by atoms with Crippen molar-refractivity contribution in [2.24, 2.45) is 0 Å². The molecule has 22 heavy (non-hydrogen) atoms. The summed E-state index contributed by atoms with van der Waals surface area (Å²) < 4.78 is 46.0. The average Bonchev–Trinajstić information content (AvgIpc) is 2.94. The van der Waals surface area contributed by atoms with Crippen LogP contribution in [0.2, 0.25) is 0 Å². The number of ether oxygens (including phenoxy) is 1. The summed E-state index contributed by atoms with van der Waals surface area (Å²) in [7, 11) is 0. The Hall–Kier alpha value is -1.85. The van der Waals surface area contributed by atoms with E-state index in [0.717, 1.165) is 5.56 Å². The van der Waals surface area contributed by atoms with Gasteiger partial charge in [-0.05, 0) is 11.1 Å². The second-order valence-electron chi connectivity index (χ2n) is 5.41. The molecule has 2 atom stereocenters. The van der Waals surface area contributed by atoms with E-state index in [-0.39, 0.29) is 13.0 Å². The van der Waals surface area contributed by atoms with E-state index >= 15 is 0 Å². The second-order valence-corrected chi connectivity index (χ2v) is 5.41. The van der Waals surface area contributed by atoms with Gasteiger partial charge in [-0.3, -0.25) is 5.32 Å². The van der Waals surface area contributed by atoms with Gasteiger partial charge in [0.1, 0.15) is 0 Å². The minimum absolute atomic E-state index is 0.00361. The van der Waals surface area contributed by atoms with E-state index in [1.807, 2.05) is 18.2 Å². The van der Waals surface area contributed by atoms with Crippen LogP contribution in [0, 0.1) is 0 Å². The number of hydrogen-bond acceptors (Lipinski definition) is 2. The fourth-order valence-electron chi connectivity index (χ4n) is 2.70. The predicted octanol–water partition coefficient (Wildman–Crippen LogP) is 3.85. The number of alkyl halides is 3. The largest absolute Gasteiger partial charge is 0.431 e. The highest BCUT2D eigenvalue weighted by molar-refractivity contribution is 5.23. The lowest BCUT2D eigenvalue weighted by Gasteiger charge is -2.31. The standard InChI is InChI=1S/C17H16F3NO/c18-17(19,20)16(11-13-7-3-1-4-8-13)21-15(12-22-16)14-9-5-2-6-10-14/h1-10,15,21H,11-12H2/t15-,16-/m0/s1. The van der Waals surface area contributed by atoms with Crippen molar-refractivity contribution in [1.82, 2.24) is 5.32 Å². The molecule has 5 heteroatoms. The van der Waals surface area contributed by atoms with E-state index in [2.05, 4.69) is 5.32 Å². The molecule has 1 saturated heterocycles. The number of rotatable bonds is 3. The minimum atomic E-state index is -4.49. The summed E-state index contributed by atoms with van der Waals surface area (Å²) >= 11 is 0. The van der Waals surface area contributed by atoms with Crippen LogP contribution in [-0.4, -0.2) is 18.5 Å². The molecule has 0 amide bonds. The van der Waals surface area contributed by atoms with E-state index in [0.29, 0.717) is 5.56 Å². The van der Waals surface area contributed by atoms with Crippen molar-refractivity contribution in [1.29, 1.82) is 0 Å². The van der Waals surface area contributed by atoms with Crippen LogP contribution in [-0.2, 0) is 11.2 Å². The Balaban J connectivity index is 1.86. The Morgan fingerprint density at radius 1 is 1.00 bits per heavy atom. The topological polar surface area (TPSA) is 21.3 Å². The van der Waals surface area contributed by atoms with E-state index in [1.54, 1.807) is 42.5 Å². The van der Waals surface area contributed by atoms with Crippen LogP contribution in [0.25, 0.3) is 0 Å². The highest BCUT2D eigenvalue weighted by Crippen LogP contribution is 2.40. The molecule has 0 aromatic heterocycles. The third kappa shape index (κ3) is 2.87. The molecule has 2 aromatic rings. The normalized spacial score (nSPS) is 25.3. The summed E-state index contributed by atoms with van der Waals surface area (Å²) in [6.45, 7) is -0.00361. The summed E-state index contributed by atoms with van der Waals surface area (Å²) in [6.07, 6.45) is -4.74. The fraction of sp³-hybridized carbons (Fsp3) is 0.294. The molecule has 1 heterocycles. The number of halogens is 3. The fourth-order valence-corrected chi connectivity index (χ4v) is 2.70. The molecule has 1 N–H and O–H groups in total. The number of hydrogen-bond donors (Lipinski definition) is 1. The van der Waals surface area contributed by atoms with Crippen molar-refractivity contribution < 1.29 is 17.9 Å². The van der Waals surface area contributed by atoms with Gasteiger partial charge in [0.2, 0.25) is 5.72 Å². The Bertz CT molecular complexity index is 615. The Labute approximate surface area is 126 Å². The molecule has 116 valence electrons. The maximum atomic E-state index is 13.6. The predicted molar refractivity (Wildman–Crippen MR) is 77.2 cm³/mol. The summed E-state index contributed by atoms with van der Waals surface area (Å²) in [5.41, 5.74) is -0.961. The van der Waals surface area contributed by atoms with Crippen molar-refractivity contribution in [3.63, 3.8) is 0 Å². The summed E-state index contributed by atoms with van der Waals surface area (Å²) in [4.78, 5) is 0. The molecule has 0 saturated carbocycles. The maximum absolute atomic E-state index is 13.6. The van der Waals surface area contributed by atoms with Crippen LogP contribution in [0.15, 0.2) is 60.7 Å². The van der Waals surface area contributed by atoms with E-state index in [4.69, 9.17) is 4.74 Å². The van der Waals surface area contributed by atoms with Crippen molar-refractivity contribution in [2.75, 3.05) is 6.61 Å². The lowest BCUT2D eigenvalue weighted by atomic mass is 10.0. The lowest BCUT2D eigenvalue weighted by molar-refractivity contribution is -0.270. The van der Waals surface area contributed by atoms with E-state index in [9.17, 15) is 13.2 Å². The number of nitrogens with one attached hydrogen (secondary N) is 1. The van der Waals surface area contributed by atoms with Gasteiger partial charge in [-0.25, -0.2) is 0 Å². The molecule has 0 spiro atoms. The van der Waals surface area contributed by atoms with E-state index < -0.39 is 17.9 Å². The first-order chi connectivity index (χ1) is 10.5. The zero-order valence-corrected chi connectivity index (χ0v) is 11.8. The Kier molecular flexibility index (Phi) is 3.93. The van der Waals surface area contributed by atoms with Crippen molar-refractivity contribution in [3.8, 4) is 0 Å². The quantitative estimate of drug-likeness (QED) is 0.930. The molecule has 2 nitrogen and oxygen atoms in total. The highest BCUT2D eigenvalue weighted by atomic mass is 19.4. The van der Waals surface area contributed by atoms with Gasteiger partial charge in [-0.2, -0.15) is 13.2 Å². The first-order valence-corrected chi connectivity index (χ1v) is 7.07. The molecule has 0 bridgehead atoms. The Morgan fingerprint density at radius 2 is 1.59 bits per heavy atom. The zero-order chi connectivity index (χ0) is 15.6. The van der Waals surface area contributed by atoms with Gasteiger partial charge in [-0.1, -0.05) is 60.7 Å². The molecule has 1 aliphatic rings. The monoisotopic (exact) mass is 307 g/mol. The maximum Gasteiger partial charge on any atom is 0.431 e. The minimum Gasteiger partial charge on any atom is -0.349 e. The molecule has 0 aliphatic carbocycles. The lowest BCUT2D eigenvalue weighted by Crippen LogP contribution is -2.56. The molecule has 0 unspecified atom stereocenters. The van der Waals surface area contributed by atoms with E-state index in [1.165, 1.54) is 0 Å². The van der Waals surface area contributed by atoms with Gasteiger partial charge in [0.15, 0.2) is 0 Å². The Morgan fingerprint density at radius 3 is 2.18 bits per heavy atom. The molecule has 2 aromatic carbocycles. The number of benzene rings is 2.